The van der Waals surface area contributed by atoms with E-state index in [4.69, 9.17) is 0 Å². The van der Waals surface area contributed by atoms with E-state index in [0.717, 1.165) is 6.42 Å². The van der Waals surface area contributed by atoms with Gasteiger partial charge in [0, 0.05) is 5.54 Å². The van der Waals surface area contributed by atoms with Crippen molar-refractivity contribution in [3.63, 3.8) is 0 Å². The fourth-order valence-corrected chi connectivity index (χ4v) is 2.25. The second-order valence-electron chi connectivity index (χ2n) is 4.57. The molecule has 96 valence electrons. The van der Waals surface area contributed by atoms with E-state index in [1.54, 1.807) is 18.2 Å². The number of hydrogen-bond donors (Lipinski definition) is 2. The highest BCUT2D eigenvalue weighted by atomic mass is 32.2. The van der Waals surface area contributed by atoms with Crippen molar-refractivity contribution in [2.24, 2.45) is 0 Å². The van der Waals surface area contributed by atoms with Crippen LogP contribution in [0.25, 0.3) is 0 Å². The number of anilines is 1. The predicted octanol–water partition coefficient (Wildman–Crippen LogP) is 2.20. The highest BCUT2D eigenvalue weighted by Crippen LogP contribution is 2.25. The zero-order valence-electron chi connectivity index (χ0n) is 10.7. The highest BCUT2D eigenvalue weighted by molar-refractivity contribution is 7.89. The SMILES string of the molecule is CCC(C)(C)Nc1ccccc1S(=O)(=O)NC. The van der Waals surface area contributed by atoms with Crippen LogP contribution in [-0.4, -0.2) is 21.0 Å². The average molecular weight is 256 g/mol. The van der Waals surface area contributed by atoms with Crippen LogP contribution in [0.5, 0.6) is 0 Å². The topological polar surface area (TPSA) is 58.2 Å². The molecular weight excluding hydrogens is 236 g/mol. The van der Waals surface area contributed by atoms with Crippen molar-refractivity contribution in [2.45, 2.75) is 37.6 Å². The summed E-state index contributed by atoms with van der Waals surface area (Å²) in [5, 5.41) is 3.26. The highest BCUT2D eigenvalue weighted by Gasteiger charge is 2.20. The molecule has 5 heteroatoms. The molecule has 17 heavy (non-hydrogen) atoms. The molecule has 0 saturated heterocycles. The van der Waals surface area contributed by atoms with Crippen molar-refractivity contribution in [1.82, 2.24) is 4.72 Å². The molecule has 0 heterocycles. The second-order valence-corrected chi connectivity index (χ2v) is 6.42. The maximum absolute atomic E-state index is 11.8. The van der Waals surface area contributed by atoms with E-state index < -0.39 is 10.0 Å². The molecule has 0 spiro atoms. The van der Waals surface area contributed by atoms with Crippen molar-refractivity contribution in [1.29, 1.82) is 0 Å². The van der Waals surface area contributed by atoms with Crippen LogP contribution in [0.3, 0.4) is 0 Å². The van der Waals surface area contributed by atoms with Crippen molar-refractivity contribution < 1.29 is 8.42 Å². The molecule has 0 fully saturated rings. The van der Waals surface area contributed by atoms with Crippen molar-refractivity contribution in [3.8, 4) is 0 Å². The Morgan fingerprint density at radius 2 is 1.82 bits per heavy atom. The fourth-order valence-electron chi connectivity index (χ4n) is 1.37. The first-order valence-corrected chi connectivity index (χ1v) is 7.11. The minimum atomic E-state index is -3.42. The maximum atomic E-state index is 11.8. The fraction of sp³-hybridized carbons (Fsp3) is 0.500. The number of nitrogens with one attached hydrogen (secondary N) is 2. The van der Waals surface area contributed by atoms with Crippen LogP contribution >= 0.6 is 0 Å². The van der Waals surface area contributed by atoms with E-state index in [1.165, 1.54) is 7.05 Å². The smallest absolute Gasteiger partial charge is 0.242 e. The summed E-state index contributed by atoms with van der Waals surface area (Å²) >= 11 is 0. The third-order valence-electron chi connectivity index (χ3n) is 2.80. The first kappa shape index (κ1) is 14.0. The quantitative estimate of drug-likeness (QED) is 0.849. The molecule has 1 rings (SSSR count). The summed E-state index contributed by atoms with van der Waals surface area (Å²) < 4.78 is 26.0. The van der Waals surface area contributed by atoms with Gasteiger partial charge in [-0.25, -0.2) is 13.1 Å². The molecule has 0 unspecified atom stereocenters. The molecule has 0 aliphatic carbocycles. The van der Waals surface area contributed by atoms with Gasteiger partial charge in [0.25, 0.3) is 0 Å². The van der Waals surface area contributed by atoms with Gasteiger partial charge >= 0.3 is 0 Å². The standard InChI is InChI=1S/C12H20N2O2S/c1-5-12(2,3)14-10-8-6-7-9-11(10)17(15,16)13-4/h6-9,13-14H,5H2,1-4H3. The van der Waals surface area contributed by atoms with Gasteiger partial charge in [0.05, 0.1) is 5.69 Å². The number of rotatable bonds is 5. The number of para-hydroxylation sites is 1. The Kier molecular flexibility index (Phi) is 4.16. The van der Waals surface area contributed by atoms with Gasteiger partial charge in [0.1, 0.15) is 4.90 Å². The Balaban J connectivity index is 3.18. The molecule has 1 aromatic rings. The molecule has 0 bridgehead atoms. The summed E-state index contributed by atoms with van der Waals surface area (Å²) in [5.74, 6) is 0. The number of hydrogen-bond acceptors (Lipinski definition) is 3. The van der Waals surface area contributed by atoms with E-state index in [2.05, 4.69) is 17.0 Å². The predicted molar refractivity (Wildman–Crippen MR) is 70.7 cm³/mol. The van der Waals surface area contributed by atoms with Gasteiger partial charge in [-0.1, -0.05) is 19.1 Å². The summed E-state index contributed by atoms with van der Waals surface area (Å²) in [6, 6.07) is 6.92. The molecule has 0 aliphatic rings. The zero-order valence-corrected chi connectivity index (χ0v) is 11.6. The Morgan fingerprint density at radius 1 is 1.24 bits per heavy atom. The summed E-state index contributed by atoms with van der Waals surface area (Å²) in [5.41, 5.74) is 0.494. The van der Waals surface area contributed by atoms with Crippen LogP contribution in [0.1, 0.15) is 27.2 Å². The largest absolute Gasteiger partial charge is 0.379 e. The maximum Gasteiger partial charge on any atom is 0.242 e. The Labute approximate surface area is 103 Å². The van der Waals surface area contributed by atoms with Crippen LogP contribution < -0.4 is 10.0 Å². The molecule has 0 amide bonds. The molecule has 0 atom stereocenters. The van der Waals surface area contributed by atoms with Gasteiger partial charge in [-0.15, -0.1) is 0 Å². The zero-order chi connectivity index (χ0) is 13.1. The lowest BCUT2D eigenvalue weighted by atomic mass is 10.0. The summed E-state index contributed by atoms with van der Waals surface area (Å²) in [6.45, 7) is 6.13. The first-order chi connectivity index (χ1) is 7.82. The molecule has 0 aliphatic heterocycles. The molecule has 0 saturated carbocycles. The van der Waals surface area contributed by atoms with Gasteiger partial charge < -0.3 is 5.32 Å². The number of benzene rings is 1. The van der Waals surface area contributed by atoms with Gasteiger partial charge in [0.2, 0.25) is 10.0 Å². The summed E-state index contributed by atoms with van der Waals surface area (Å²) in [4.78, 5) is 0.282. The van der Waals surface area contributed by atoms with E-state index >= 15 is 0 Å². The van der Waals surface area contributed by atoms with Crippen LogP contribution in [0.15, 0.2) is 29.2 Å². The van der Waals surface area contributed by atoms with E-state index in [-0.39, 0.29) is 10.4 Å². The second kappa shape index (κ2) is 5.06. The van der Waals surface area contributed by atoms with E-state index in [9.17, 15) is 8.42 Å². The first-order valence-electron chi connectivity index (χ1n) is 5.63. The van der Waals surface area contributed by atoms with Gasteiger partial charge in [-0.2, -0.15) is 0 Å². The van der Waals surface area contributed by atoms with Crippen LogP contribution in [-0.2, 0) is 10.0 Å². The lowest BCUT2D eigenvalue weighted by Crippen LogP contribution is -2.31. The third-order valence-corrected chi connectivity index (χ3v) is 4.27. The number of sulfonamides is 1. The summed E-state index contributed by atoms with van der Waals surface area (Å²) in [7, 11) is -2.01. The normalized spacial score (nSPS) is 12.5. The Morgan fingerprint density at radius 3 is 2.35 bits per heavy atom. The third kappa shape index (κ3) is 3.44. The van der Waals surface area contributed by atoms with E-state index in [0.29, 0.717) is 5.69 Å². The van der Waals surface area contributed by atoms with Gasteiger partial charge in [-0.3, -0.25) is 0 Å². The van der Waals surface area contributed by atoms with E-state index in [1.807, 2.05) is 19.9 Å². The van der Waals surface area contributed by atoms with Gasteiger partial charge in [-0.05, 0) is 39.4 Å². The lowest BCUT2D eigenvalue weighted by molar-refractivity contribution is 0.544. The van der Waals surface area contributed by atoms with Crippen LogP contribution in [0.4, 0.5) is 5.69 Å². The minimum absolute atomic E-state index is 0.140. The Bertz CT molecular complexity index is 481. The Hall–Kier alpha value is -1.07. The monoisotopic (exact) mass is 256 g/mol. The van der Waals surface area contributed by atoms with Crippen molar-refractivity contribution in [3.05, 3.63) is 24.3 Å². The lowest BCUT2D eigenvalue weighted by Gasteiger charge is -2.27. The molecule has 2 N–H and O–H groups in total. The molecular formula is C12H20N2O2S. The minimum Gasteiger partial charge on any atom is -0.379 e. The van der Waals surface area contributed by atoms with Gasteiger partial charge in [0.15, 0.2) is 0 Å². The molecule has 1 aromatic carbocycles. The van der Waals surface area contributed by atoms with Crippen LogP contribution in [0.2, 0.25) is 0 Å². The van der Waals surface area contributed by atoms with Crippen molar-refractivity contribution in [2.75, 3.05) is 12.4 Å². The van der Waals surface area contributed by atoms with Crippen molar-refractivity contribution >= 4 is 15.7 Å². The molecule has 4 nitrogen and oxygen atoms in total. The molecule has 0 aromatic heterocycles. The summed E-state index contributed by atoms with van der Waals surface area (Å²) in [6.07, 6.45) is 0.904. The molecule has 0 radical (unpaired) electrons. The van der Waals surface area contributed by atoms with Crippen LogP contribution in [0, 0.1) is 0 Å². The average Bonchev–Trinajstić information content (AvgIpc) is 2.29.